The van der Waals surface area contributed by atoms with Gasteiger partial charge in [-0.3, -0.25) is 4.79 Å². The number of hydrogen-bond donors (Lipinski definition) is 2. The number of nitrogens with one attached hydrogen (secondary N) is 1. The zero-order valence-electron chi connectivity index (χ0n) is 11.0. The summed E-state index contributed by atoms with van der Waals surface area (Å²) >= 11 is 6.02. The molecule has 2 rings (SSSR count). The van der Waals surface area contributed by atoms with Gasteiger partial charge in [-0.1, -0.05) is 24.9 Å². The van der Waals surface area contributed by atoms with Gasteiger partial charge in [0.05, 0.1) is 10.6 Å². The van der Waals surface area contributed by atoms with E-state index in [4.69, 9.17) is 17.3 Å². The van der Waals surface area contributed by atoms with Crippen LogP contribution in [0.3, 0.4) is 0 Å². The second-order valence-corrected chi connectivity index (χ2v) is 5.54. The summed E-state index contributed by atoms with van der Waals surface area (Å²) in [6.07, 6.45) is 4.80. The van der Waals surface area contributed by atoms with Crippen LogP contribution in [0, 0.1) is 5.41 Å². The molecule has 3 nitrogen and oxygen atoms in total. The summed E-state index contributed by atoms with van der Waals surface area (Å²) in [5, 5.41) is 3.40. The van der Waals surface area contributed by atoms with Crippen molar-refractivity contribution in [3.05, 3.63) is 28.8 Å². The average Bonchev–Trinajstić information content (AvgIpc) is 2.27. The summed E-state index contributed by atoms with van der Waals surface area (Å²) in [6.45, 7) is 2.92. The van der Waals surface area contributed by atoms with Crippen molar-refractivity contribution in [1.29, 1.82) is 0 Å². The lowest BCUT2D eigenvalue weighted by atomic mass is 9.67. The van der Waals surface area contributed by atoms with Gasteiger partial charge in [-0.05, 0) is 42.9 Å². The molecule has 1 aliphatic carbocycles. The van der Waals surface area contributed by atoms with Gasteiger partial charge in [-0.25, -0.2) is 0 Å². The Balaban J connectivity index is 0.00000180. The van der Waals surface area contributed by atoms with Crippen LogP contribution in [0.2, 0.25) is 5.02 Å². The predicted molar refractivity (Wildman–Crippen MR) is 82.0 cm³/mol. The fourth-order valence-corrected chi connectivity index (χ4v) is 2.69. The molecule has 106 valence electrons. The number of nitrogen functional groups attached to an aromatic ring is 1. The molecule has 1 fully saturated rings. The average molecular weight is 303 g/mol. The van der Waals surface area contributed by atoms with E-state index in [9.17, 15) is 4.79 Å². The standard InChI is InChI=1S/C14H19ClN2O.ClH/c1-2-14(6-3-7-14)9-17-13(18)11-5-4-10(16)8-12(11)15;/h4-5,8H,2-3,6-7,9,16H2,1H3,(H,17,18);1H. The molecule has 1 aromatic carbocycles. The molecule has 1 saturated carbocycles. The topological polar surface area (TPSA) is 55.1 Å². The van der Waals surface area contributed by atoms with Gasteiger partial charge in [-0.15, -0.1) is 12.4 Å². The number of carbonyl (C=O) groups is 1. The summed E-state index contributed by atoms with van der Waals surface area (Å²) < 4.78 is 0. The largest absolute Gasteiger partial charge is 0.399 e. The number of carbonyl (C=O) groups excluding carboxylic acids is 1. The predicted octanol–water partition coefficient (Wildman–Crippen LogP) is 3.65. The maximum Gasteiger partial charge on any atom is 0.252 e. The molecular formula is C14H20Cl2N2O. The van der Waals surface area contributed by atoms with Crippen molar-refractivity contribution in [2.45, 2.75) is 32.6 Å². The van der Waals surface area contributed by atoms with Gasteiger partial charge in [0.15, 0.2) is 0 Å². The van der Waals surface area contributed by atoms with Crippen LogP contribution in [0.4, 0.5) is 5.69 Å². The van der Waals surface area contributed by atoms with Crippen molar-refractivity contribution in [3.8, 4) is 0 Å². The molecule has 0 heterocycles. The normalized spacial score (nSPS) is 16.1. The van der Waals surface area contributed by atoms with E-state index in [1.54, 1.807) is 18.2 Å². The molecule has 0 spiro atoms. The number of anilines is 1. The number of rotatable bonds is 4. The van der Waals surface area contributed by atoms with Gasteiger partial charge in [-0.2, -0.15) is 0 Å². The van der Waals surface area contributed by atoms with Crippen LogP contribution in [0.1, 0.15) is 43.0 Å². The lowest BCUT2D eigenvalue weighted by Crippen LogP contribution is -2.41. The van der Waals surface area contributed by atoms with Crippen molar-refractivity contribution < 1.29 is 4.79 Å². The lowest BCUT2D eigenvalue weighted by Gasteiger charge is -2.41. The minimum atomic E-state index is -0.111. The molecule has 0 aromatic heterocycles. The first-order valence-electron chi connectivity index (χ1n) is 6.39. The van der Waals surface area contributed by atoms with E-state index in [1.807, 2.05) is 0 Å². The summed E-state index contributed by atoms with van der Waals surface area (Å²) in [4.78, 5) is 12.0. The van der Waals surface area contributed by atoms with E-state index >= 15 is 0 Å². The highest BCUT2D eigenvalue weighted by Crippen LogP contribution is 2.43. The first kappa shape index (κ1) is 16.1. The third-order valence-corrected chi connectivity index (χ3v) is 4.34. The molecule has 0 saturated heterocycles. The zero-order chi connectivity index (χ0) is 13.2. The molecule has 1 amide bonds. The van der Waals surface area contributed by atoms with E-state index in [0.717, 1.165) is 13.0 Å². The fraction of sp³-hybridized carbons (Fsp3) is 0.500. The fourth-order valence-electron chi connectivity index (χ4n) is 2.41. The molecule has 1 aliphatic rings. The van der Waals surface area contributed by atoms with Crippen LogP contribution in [0.25, 0.3) is 0 Å². The highest BCUT2D eigenvalue weighted by Gasteiger charge is 2.35. The first-order valence-corrected chi connectivity index (χ1v) is 6.77. The maximum atomic E-state index is 12.0. The zero-order valence-corrected chi connectivity index (χ0v) is 12.6. The van der Waals surface area contributed by atoms with E-state index in [2.05, 4.69) is 12.2 Å². The Bertz CT molecular complexity index is 453. The number of amides is 1. The SMILES string of the molecule is CCC1(CNC(=O)c2ccc(N)cc2Cl)CCC1.Cl. The second kappa shape index (κ2) is 6.49. The number of benzene rings is 1. The Hall–Kier alpha value is -0.930. The minimum absolute atomic E-state index is 0. The summed E-state index contributed by atoms with van der Waals surface area (Å²) in [5.41, 5.74) is 6.99. The maximum absolute atomic E-state index is 12.0. The molecule has 0 radical (unpaired) electrons. The second-order valence-electron chi connectivity index (χ2n) is 5.13. The van der Waals surface area contributed by atoms with Gasteiger partial charge >= 0.3 is 0 Å². The monoisotopic (exact) mass is 302 g/mol. The van der Waals surface area contributed by atoms with Gasteiger partial charge in [0.25, 0.3) is 5.91 Å². The third kappa shape index (κ3) is 3.54. The molecule has 3 N–H and O–H groups in total. The Morgan fingerprint density at radius 3 is 2.63 bits per heavy atom. The van der Waals surface area contributed by atoms with Crippen LogP contribution in [-0.2, 0) is 0 Å². The third-order valence-electron chi connectivity index (χ3n) is 4.03. The van der Waals surface area contributed by atoms with E-state index in [0.29, 0.717) is 21.7 Å². The molecule has 0 aliphatic heterocycles. The molecule has 19 heavy (non-hydrogen) atoms. The van der Waals surface area contributed by atoms with Gasteiger partial charge < -0.3 is 11.1 Å². The van der Waals surface area contributed by atoms with Gasteiger partial charge in [0, 0.05) is 12.2 Å². The number of nitrogens with two attached hydrogens (primary N) is 1. The smallest absolute Gasteiger partial charge is 0.252 e. The molecular weight excluding hydrogens is 283 g/mol. The quantitative estimate of drug-likeness (QED) is 0.834. The summed E-state index contributed by atoms with van der Waals surface area (Å²) in [7, 11) is 0. The van der Waals surface area contributed by atoms with Crippen LogP contribution < -0.4 is 11.1 Å². The van der Waals surface area contributed by atoms with Gasteiger partial charge in [0.1, 0.15) is 0 Å². The van der Waals surface area contributed by atoms with Crippen molar-refractivity contribution in [2.24, 2.45) is 5.41 Å². The first-order chi connectivity index (χ1) is 8.56. The molecule has 0 atom stereocenters. The Kier molecular flexibility index (Phi) is 5.50. The van der Waals surface area contributed by atoms with Crippen molar-refractivity contribution in [1.82, 2.24) is 5.32 Å². The van der Waals surface area contributed by atoms with E-state index in [-0.39, 0.29) is 18.3 Å². The minimum Gasteiger partial charge on any atom is -0.399 e. The van der Waals surface area contributed by atoms with Crippen LogP contribution in [0.15, 0.2) is 18.2 Å². The number of halogens is 2. The van der Waals surface area contributed by atoms with Crippen LogP contribution in [0.5, 0.6) is 0 Å². The highest BCUT2D eigenvalue weighted by atomic mass is 35.5. The summed E-state index contributed by atoms with van der Waals surface area (Å²) in [6, 6.07) is 4.97. The van der Waals surface area contributed by atoms with Crippen molar-refractivity contribution >= 4 is 35.6 Å². The van der Waals surface area contributed by atoms with Crippen LogP contribution in [-0.4, -0.2) is 12.5 Å². The van der Waals surface area contributed by atoms with E-state index in [1.165, 1.54) is 19.3 Å². The molecule has 1 aromatic rings. The molecule has 0 bridgehead atoms. The number of hydrogen-bond acceptors (Lipinski definition) is 2. The lowest BCUT2D eigenvalue weighted by molar-refractivity contribution is 0.0850. The molecule has 0 unspecified atom stereocenters. The van der Waals surface area contributed by atoms with Crippen molar-refractivity contribution in [3.63, 3.8) is 0 Å². The Morgan fingerprint density at radius 1 is 1.47 bits per heavy atom. The van der Waals surface area contributed by atoms with E-state index < -0.39 is 0 Å². The molecule has 5 heteroatoms. The summed E-state index contributed by atoms with van der Waals surface area (Å²) in [5.74, 6) is -0.111. The van der Waals surface area contributed by atoms with Gasteiger partial charge in [0.2, 0.25) is 0 Å². The Labute approximate surface area is 125 Å². The van der Waals surface area contributed by atoms with Crippen LogP contribution >= 0.6 is 24.0 Å². The Morgan fingerprint density at radius 2 is 2.16 bits per heavy atom. The highest BCUT2D eigenvalue weighted by molar-refractivity contribution is 6.34. The van der Waals surface area contributed by atoms with Crippen molar-refractivity contribution in [2.75, 3.05) is 12.3 Å².